The number of carbonyl (C=O) groups is 1. The highest BCUT2D eigenvalue weighted by Gasteiger charge is 2.11. The highest BCUT2D eigenvalue weighted by atomic mass is 32.2. The Morgan fingerprint density at radius 2 is 1.79 bits per heavy atom. The van der Waals surface area contributed by atoms with Crippen LogP contribution in [0.2, 0.25) is 0 Å². The third-order valence-corrected chi connectivity index (χ3v) is 5.40. The van der Waals surface area contributed by atoms with E-state index >= 15 is 0 Å². The zero-order chi connectivity index (χ0) is 17.6. The van der Waals surface area contributed by atoms with Crippen molar-refractivity contribution in [1.82, 2.24) is 5.32 Å². The fourth-order valence-corrected chi connectivity index (χ4v) is 3.10. The monoisotopic (exact) mass is 347 g/mol. The Hall–Kier alpha value is -2.34. The van der Waals surface area contributed by atoms with Crippen LogP contribution in [-0.2, 0) is 27.6 Å². The number of rotatable bonds is 7. The Balaban J connectivity index is 1.92. The Morgan fingerprint density at radius 3 is 2.42 bits per heavy atom. The van der Waals surface area contributed by atoms with Crippen LogP contribution in [0.1, 0.15) is 18.1 Å². The maximum Gasteiger partial charge on any atom is 0.224 e. The molecule has 5 nitrogen and oxygen atoms in total. The van der Waals surface area contributed by atoms with Gasteiger partial charge in [-0.2, -0.15) is 0 Å². The number of hydrogen-bond donors (Lipinski definition) is 1. The number of sulfone groups is 1. The highest BCUT2D eigenvalue weighted by Crippen LogP contribution is 2.14. The van der Waals surface area contributed by atoms with Gasteiger partial charge in [0.1, 0.15) is 5.75 Å². The van der Waals surface area contributed by atoms with E-state index in [1.807, 2.05) is 24.3 Å². The van der Waals surface area contributed by atoms with E-state index in [-0.39, 0.29) is 18.1 Å². The molecule has 0 aromatic heterocycles. The minimum Gasteiger partial charge on any atom is -0.497 e. The van der Waals surface area contributed by atoms with Crippen LogP contribution < -0.4 is 10.1 Å². The number of amides is 1. The molecule has 0 saturated carbocycles. The van der Waals surface area contributed by atoms with Gasteiger partial charge in [-0.25, -0.2) is 8.42 Å². The number of benzene rings is 2. The fraction of sp³-hybridized carbons (Fsp3) is 0.278. The minimum atomic E-state index is -3.19. The predicted molar refractivity (Wildman–Crippen MR) is 92.7 cm³/mol. The molecule has 0 bridgehead atoms. The molecule has 0 spiro atoms. The lowest BCUT2D eigenvalue weighted by atomic mass is 10.1. The van der Waals surface area contributed by atoms with Gasteiger partial charge in [0.05, 0.1) is 24.2 Å². The van der Waals surface area contributed by atoms with Crippen molar-refractivity contribution >= 4 is 15.7 Å². The molecule has 0 fully saturated rings. The van der Waals surface area contributed by atoms with Crippen LogP contribution >= 0.6 is 0 Å². The van der Waals surface area contributed by atoms with Gasteiger partial charge >= 0.3 is 0 Å². The van der Waals surface area contributed by atoms with Crippen molar-refractivity contribution in [2.75, 3.05) is 12.9 Å². The van der Waals surface area contributed by atoms with E-state index in [9.17, 15) is 13.2 Å². The summed E-state index contributed by atoms with van der Waals surface area (Å²) in [5.41, 5.74) is 1.72. The normalized spacial score (nSPS) is 11.1. The summed E-state index contributed by atoms with van der Waals surface area (Å²) >= 11 is 0. The maximum absolute atomic E-state index is 12.0. The molecule has 0 unspecified atom stereocenters. The van der Waals surface area contributed by atoms with Crippen molar-refractivity contribution in [3.63, 3.8) is 0 Å². The van der Waals surface area contributed by atoms with E-state index in [1.54, 1.807) is 38.3 Å². The molecular formula is C18H21NO4S. The second kappa shape index (κ2) is 7.97. The lowest BCUT2D eigenvalue weighted by Gasteiger charge is -2.08. The first-order chi connectivity index (χ1) is 11.4. The van der Waals surface area contributed by atoms with Gasteiger partial charge in [0.25, 0.3) is 0 Å². The van der Waals surface area contributed by atoms with Gasteiger partial charge in [0.15, 0.2) is 9.84 Å². The molecule has 2 aromatic rings. The van der Waals surface area contributed by atoms with Crippen molar-refractivity contribution < 1.29 is 17.9 Å². The van der Waals surface area contributed by atoms with Gasteiger partial charge in [-0.3, -0.25) is 4.79 Å². The van der Waals surface area contributed by atoms with E-state index in [1.165, 1.54) is 0 Å². The number of nitrogens with one attached hydrogen (secondary N) is 1. The molecule has 0 aliphatic rings. The van der Waals surface area contributed by atoms with Crippen LogP contribution in [0.4, 0.5) is 0 Å². The van der Waals surface area contributed by atoms with Gasteiger partial charge in [-0.05, 0) is 35.4 Å². The molecule has 1 N–H and O–H groups in total. The smallest absolute Gasteiger partial charge is 0.224 e. The highest BCUT2D eigenvalue weighted by molar-refractivity contribution is 7.91. The molecule has 6 heteroatoms. The molecule has 0 heterocycles. The number of carbonyl (C=O) groups excluding carboxylic acids is 1. The van der Waals surface area contributed by atoms with Crippen LogP contribution in [0.25, 0.3) is 0 Å². The lowest BCUT2D eigenvalue weighted by Crippen LogP contribution is -2.24. The second-order valence-electron chi connectivity index (χ2n) is 5.35. The topological polar surface area (TPSA) is 72.5 Å². The average Bonchev–Trinajstić information content (AvgIpc) is 2.60. The largest absolute Gasteiger partial charge is 0.497 e. The number of methoxy groups -OCH3 is 1. The van der Waals surface area contributed by atoms with E-state index in [2.05, 4.69) is 5.32 Å². The molecule has 2 rings (SSSR count). The van der Waals surface area contributed by atoms with Gasteiger partial charge < -0.3 is 10.1 Å². The van der Waals surface area contributed by atoms with Crippen molar-refractivity contribution in [2.45, 2.75) is 24.8 Å². The zero-order valence-electron chi connectivity index (χ0n) is 13.8. The first kappa shape index (κ1) is 18.0. The first-order valence-electron chi connectivity index (χ1n) is 7.66. The molecular weight excluding hydrogens is 326 g/mol. The summed E-state index contributed by atoms with van der Waals surface area (Å²) in [7, 11) is -1.61. The summed E-state index contributed by atoms with van der Waals surface area (Å²) in [4.78, 5) is 12.3. The zero-order valence-corrected chi connectivity index (χ0v) is 14.6. The van der Waals surface area contributed by atoms with E-state index < -0.39 is 9.84 Å². The summed E-state index contributed by atoms with van der Waals surface area (Å²) in [6.45, 7) is 1.97. The molecule has 24 heavy (non-hydrogen) atoms. The Bertz CT molecular complexity index is 798. The van der Waals surface area contributed by atoms with Crippen LogP contribution in [-0.4, -0.2) is 27.2 Å². The summed E-state index contributed by atoms with van der Waals surface area (Å²) in [6.07, 6.45) is 0.263. The fourth-order valence-electron chi connectivity index (χ4n) is 2.21. The van der Waals surface area contributed by atoms with Gasteiger partial charge in [-0.1, -0.05) is 31.2 Å². The lowest BCUT2D eigenvalue weighted by molar-refractivity contribution is -0.120. The van der Waals surface area contributed by atoms with Crippen molar-refractivity contribution in [2.24, 2.45) is 0 Å². The third-order valence-electron chi connectivity index (χ3n) is 3.65. The van der Waals surface area contributed by atoms with Crippen LogP contribution in [0.15, 0.2) is 53.4 Å². The van der Waals surface area contributed by atoms with Gasteiger partial charge in [0, 0.05) is 6.54 Å². The molecule has 0 aliphatic carbocycles. The summed E-state index contributed by atoms with van der Waals surface area (Å²) in [5, 5.41) is 2.83. The molecule has 2 aromatic carbocycles. The van der Waals surface area contributed by atoms with E-state index in [0.29, 0.717) is 17.2 Å². The maximum atomic E-state index is 12.0. The quantitative estimate of drug-likeness (QED) is 0.834. The number of ether oxygens (including phenoxy) is 1. The average molecular weight is 347 g/mol. The Labute approximate surface area is 142 Å². The molecule has 128 valence electrons. The van der Waals surface area contributed by atoms with Crippen LogP contribution in [0.3, 0.4) is 0 Å². The van der Waals surface area contributed by atoms with E-state index in [0.717, 1.165) is 11.1 Å². The van der Waals surface area contributed by atoms with Gasteiger partial charge in [0.2, 0.25) is 5.91 Å². The minimum absolute atomic E-state index is 0.0730. The van der Waals surface area contributed by atoms with Crippen molar-refractivity contribution in [1.29, 1.82) is 0 Å². The summed E-state index contributed by atoms with van der Waals surface area (Å²) in [6, 6.07) is 13.9. The Morgan fingerprint density at radius 1 is 1.08 bits per heavy atom. The third kappa shape index (κ3) is 4.83. The SMILES string of the molecule is CCS(=O)(=O)c1ccc(CNC(=O)Cc2cccc(OC)c2)cc1. The van der Waals surface area contributed by atoms with Gasteiger partial charge in [-0.15, -0.1) is 0 Å². The van der Waals surface area contributed by atoms with Crippen molar-refractivity contribution in [3.05, 3.63) is 59.7 Å². The van der Waals surface area contributed by atoms with Crippen molar-refractivity contribution in [3.8, 4) is 5.75 Å². The molecule has 0 saturated heterocycles. The summed E-state index contributed by atoms with van der Waals surface area (Å²) in [5.74, 6) is 0.686. The second-order valence-corrected chi connectivity index (χ2v) is 7.63. The first-order valence-corrected chi connectivity index (χ1v) is 9.31. The summed E-state index contributed by atoms with van der Waals surface area (Å²) < 4.78 is 28.6. The molecule has 0 atom stereocenters. The molecule has 0 aliphatic heterocycles. The van der Waals surface area contributed by atoms with Crippen LogP contribution in [0, 0.1) is 0 Å². The number of hydrogen-bond acceptors (Lipinski definition) is 4. The standard InChI is InChI=1S/C18H21NO4S/c1-3-24(21,22)17-9-7-14(8-10-17)13-19-18(20)12-15-5-4-6-16(11-15)23-2/h4-11H,3,12-13H2,1-2H3,(H,19,20). The van der Waals surface area contributed by atoms with E-state index in [4.69, 9.17) is 4.74 Å². The predicted octanol–water partition coefficient (Wildman–Crippen LogP) is 2.35. The Kier molecular flexibility index (Phi) is 5.98. The molecule has 0 radical (unpaired) electrons. The molecule has 1 amide bonds. The van der Waals surface area contributed by atoms with Crippen LogP contribution in [0.5, 0.6) is 5.75 Å².